The molecule has 0 spiro atoms. The molecular weight excluding hydrogens is 581 g/mol. The number of aryl methyl sites for hydroxylation is 1. The summed E-state index contributed by atoms with van der Waals surface area (Å²) >= 11 is 8.82. The van der Waals surface area contributed by atoms with Crippen molar-refractivity contribution < 1.29 is 19.0 Å². The summed E-state index contributed by atoms with van der Waals surface area (Å²) in [4.78, 5) is 14.7. The van der Waals surface area contributed by atoms with Crippen molar-refractivity contribution in [2.24, 2.45) is 0 Å². The van der Waals surface area contributed by atoms with E-state index < -0.39 is 0 Å². The van der Waals surface area contributed by atoms with Crippen LogP contribution in [0, 0.1) is 10.5 Å². The first-order valence-electron chi connectivity index (χ1n) is 10.8. The minimum Gasteiger partial charge on any atom is -0.493 e. The number of carbonyl (C=O) groups excluding carboxylic acids is 1. The zero-order valence-corrected chi connectivity index (χ0v) is 23.5. The van der Waals surface area contributed by atoms with Crippen LogP contribution in [0.1, 0.15) is 36.5 Å². The molecule has 1 saturated heterocycles. The van der Waals surface area contributed by atoms with Gasteiger partial charge in [-0.25, -0.2) is 0 Å². The number of benzene rings is 2. The van der Waals surface area contributed by atoms with Crippen LogP contribution in [0.25, 0.3) is 6.08 Å². The highest BCUT2D eigenvalue weighted by Gasteiger charge is 2.31. The highest BCUT2D eigenvalue weighted by Crippen LogP contribution is 2.37. The predicted octanol–water partition coefficient (Wildman–Crippen LogP) is 6.58. The van der Waals surface area contributed by atoms with Crippen molar-refractivity contribution in [1.82, 2.24) is 4.90 Å². The predicted molar refractivity (Wildman–Crippen MR) is 152 cm³/mol. The summed E-state index contributed by atoms with van der Waals surface area (Å²) in [7, 11) is 1.60. The molecule has 0 radical (unpaired) electrons. The Hall–Kier alpha value is -2.04. The van der Waals surface area contributed by atoms with Crippen molar-refractivity contribution >= 4 is 62.9 Å². The summed E-state index contributed by atoms with van der Waals surface area (Å²) in [5.41, 5.74) is 3.18. The molecule has 2 aromatic carbocycles. The van der Waals surface area contributed by atoms with Gasteiger partial charge >= 0.3 is 0 Å². The number of hydrogen-bond acceptors (Lipinski definition) is 6. The lowest BCUT2D eigenvalue weighted by molar-refractivity contribution is -0.121. The summed E-state index contributed by atoms with van der Waals surface area (Å²) in [6.07, 6.45) is 3.49. The Morgan fingerprint density at radius 2 is 1.91 bits per heavy atom. The number of hydrogen-bond donors (Lipinski definition) is 0. The first kappa shape index (κ1) is 26.6. The molecule has 8 heteroatoms. The summed E-state index contributed by atoms with van der Waals surface area (Å²) in [5, 5.41) is 0. The fourth-order valence-electron chi connectivity index (χ4n) is 3.44. The molecular formula is C26H28INO4S2. The van der Waals surface area contributed by atoms with Gasteiger partial charge in [0.15, 0.2) is 11.5 Å². The van der Waals surface area contributed by atoms with Crippen molar-refractivity contribution in [3.8, 4) is 17.2 Å². The maximum absolute atomic E-state index is 12.6. The zero-order chi connectivity index (χ0) is 24.8. The molecule has 0 aromatic heterocycles. The zero-order valence-electron chi connectivity index (χ0n) is 19.7. The van der Waals surface area contributed by atoms with E-state index >= 15 is 0 Å². The van der Waals surface area contributed by atoms with E-state index in [0.717, 1.165) is 20.4 Å². The van der Waals surface area contributed by atoms with E-state index in [0.29, 0.717) is 46.4 Å². The second-order valence-electron chi connectivity index (χ2n) is 8.01. The molecule has 0 unspecified atom stereocenters. The van der Waals surface area contributed by atoms with Crippen LogP contribution in [0.3, 0.4) is 0 Å². The summed E-state index contributed by atoms with van der Waals surface area (Å²) in [6.45, 7) is 11.2. The van der Waals surface area contributed by atoms with E-state index in [1.54, 1.807) is 13.2 Å². The molecule has 3 rings (SSSR count). The average Bonchev–Trinajstić information content (AvgIpc) is 3.04. The average molecular weight is 610 g/mol. The maximum atomic E-state index is 12.6. The Bertz CT molecular complexity index is 1130. The van der Waals surface area contributed by atoms with E-state index in [2.05, 4.69) is 68.1 Å². The van der Waals surface area contributed by atoms with Crippen molar-refractivity contribution in [1.29, 1.82) is 0 Å². The van der Waals surface area contributed by atoms with Gasteiger partial charge in [-0.2, -0.15) is 0 Å². The van der Waals surface area contributed by atoms with Gasteiger partial charge in [-0.05, 0) is 76.4 Å². The highest BCUT2D eigenvalue weighted by atomic mass is 127. The monoisotopic (exact) mass is 609 g/mol. The number of methoxy groups -OCH3 is 1. The largest absolute Gasteiger partial charge is 0.493 e. The van der Waals surface area contributed by atoms with Crippen molar-refractivity contribution in [2.45, 2.75) is 26.7 Å². The third kappa shape index (κ3) is 6.34. The Labute approximate surface area is 224 Å². The van der Waals surface area contributed by atoms with Crippen LogP contribution in [0.2, 0.25) is 0 Å². The third-order valence-corrected chi connectivity index (χ3v) is 7.29. The molecule has 1 aliphatic heterocycles. The molecule has 0 saturated carbocycles. The molecule has 180 valence electrons. The van der Waals surface area contributed by atoms with Gasteiger partial charge in [0.2, 0.25) is 0 Å². The fourth-order valence-corrected chi connectivity index (χ4v) is 5.50. The maximum Gasteiger partial charge on any atom is 0.266 e. The van der Waals surface area contributed by atoms with Crippen LogP contribution in [0.5, 0.6) is 17.2 Å². The van der Waals surface area contributed by atoms with E-state index in [1.807, 2.05) is 18.2 Å². The Balaban J connectivity index is 1.70. The number of amides is 1. The second-order valence-corrected chi connectivity index (χ2v) is 10.8. The summed E-state index contributed by atoms with van der Waals surface area (Å²) in [6, 6.07) is 10.1. The highest BCUT2D eigenvalue weighted by molar-refractivity contribution is 14.1. The minimum absolute atomic E-state index is 0.113. The van der Waals surface area contributed by atoms with Gasteiger partial charge in [0.25, 0.3) is 5.91 Å². The van der Waals surface area contributed by atoms with Gasteiger partial charge < -0.3 is 14.2 Å². The molecule has 1 heterocycles. The molecule has 1 fully saturated rings. The Kier molecular flexibility index (Phi) is 9.44. The number of rotatable bonds is 10. The summed E-state index contributed by atoms with van der Waals surface area (Å²) < 4.78 is 19.1. The van der Waals surface area contributed by atoms with Crippen LogP contribution in [0.15, 0.2) is 47.9 Å². The van der Waals surface area contributed by atoms with Crippen molar-refractivity contribution in [3.05, 3.63) is 68.2 Å². The number of thiocarbonyl (C=S) groups is 1. The lowest BCUT2D eigenvalue weighted by Gasteiger charge is -2.17. The van der Waals surface area contributed by atoms with Crippen LogP contribution >= 0.6 is 46.6 Å². The number of nitrogens with zero attached hydrogens (tertiary/aromatic N) is 1. The van der Waals surface area contributed by atoms with E-state index in [1.165, 1.54) is 22.2 Å². The normalized spacial score (nSPS) is 14.8. The first-order valence-corrected chi connectivity index (χ1v) is 13.2. The van der Waals surface area contributed by atoms with Crippen LogP contribution in [0.4, 0.5) is 0 Å². The lowest BCUT2D eigenvalue weighted by atomic mass is 10.0. The quantitative estimate of drug-likeness (QED) is 0.0998. The van der Waals surface area contributed by atoms with E-state index in [-0.39, 0.29) is 5.91 Å². The van der Waals surface area contributed by atoms with Gasteiger partial charge in [0.1, 0.15) is 23.3 Å². The second kappa shape index (κ2) is 12.1. The van der Waals surface area contributed by atoms with E-state index in [4.69, 9.17) is 26.4 Å². The van der Waals surface area contributed by atoms with Gasteiger partial charge in [0.05, 0.1) is 15.6 Å². The summed E-state index contributed by atoms with van der Waals surface area (Å²) in [5.74, 6) is 2.40. The molecule has 1 aliphatic rings. The number of ether oxygens (including phenoxy) is 3. The van der Waals surface area contributed by atoms with Gasteiger partial charge in [-0.1, -0.05) is 56.0 Å². The van der Waals surface area contributed by atoms with E-state index in [9.17, 15) is 4.79 Å². The van der Waals surface area contributed by atoms with Crippen LogP contribution in [-0.2, 0) is 4.79 Å². The van der Waals surface area contributed by atoms with Crippen molar-refractivity contribution in [2.75, 3.05) is 26.9 Å². The third-order valence-electron chi connectivity index (χ3n) is 5.11. The molecule has 34 heavy (non-hydrogen) atoms. The van der Waals surface area contributed by atoms with Gasteiger partial charge in [-0.15, -0.1) is 6.58 Å². The molecule has 0 aliphatic carbocycles. The first-order chi connectivity index (χ1) is 16.2. The molecule has 0 bridgehead atoms. The molecule has 1 amide bonds. The smallest absolute Gasteiger partial charge is 0.266 e. The Morgan fingerprint density at radius 3 is 2.59 bits per heavy atom. The van der Waals surface area contributed by atoms with Crippen LogP contribution in [-0.4, -0.2) is 42.0 Å². The van der Waals surface area contributed by atoms with Crippen LogP contribution < -0.4 is 14.2 Å². The number of halogens is 1. The van der Waals surface area contributed by atoms with Gasteiger partial charge in [-0.3, -0.25) is 9.69 Å². The topological polar surface area (TPSA) is 48.0 Å². The molecule has 2 aromatic rings. The molecule has 0 atom stereocenters. The SMILES string of the molecule is C=CCN1C(=O)C(=Cc2cc(I)c(OCCOc3cc(C)ccc3C(C)C)c(OC)c2)SC1=S. The lowest BCUT2D eigenvalue weighted by Crippen LogP contribution is -2.27. The minimum atomic E-state index is -0.113. The van der Waals surface area contributed by atoms with Gasteiger partial charge in [0, 0.05) is 6.54 Å². The standard InChI is InChI=1S/C26H28INO4S2/c1-6-9-28-25(29)23(34-26(28)33)15-18-13-20(27)24(22(14-18)30-5)32-11-10-31-21-12-17(4)7-8-19(21)16(2)3/h6-8,12-16H,1,9-11H2,2-5H3. The number of carbonyl (C=O) groups is 1. The Morgan fingerprint density at radius 1 is 1.18 bits per heavy atom. The molecule has 5 nitrogen and oxygen atoms in total. The fraction of sp³-hybridized carbons (Fsp3) is 0.308. The molecule has 0 N–H and O–H groups in total. The number of thioether (sulfide) groups is 1. The van der Waals surface area contributed by atoms with Crippen molar-refractivity contribution in [3.63, 3.8) is 0 Å².